The van der Waals surface area contributed by atoms with Crippen LogP contribution in [-0.2, 0) is 6.54 Å². The van der Waals surface area contributed by atoms with Crippen molar-refractivity contribution in [2.75, 3.05) is 0 Å². The zero-order chi connectivity index (χ0) is 14.3. The van der Waals surface area contributed by atoms with Crippen molar-refractivity contribution in [1.82, 2.24) is 19.1 Å². The van der Waals surface area contributed by atoms with Crippen molar-refractivity contribution in [3.63, 3.8) is 0 Å². The molecule has 0 saturated carbocycles. The Morgan fingerprint density at radius 3 is 3.00 bits per heavy atom. The van der Waals surface area contributed by atoms with Gasteiger partial charge in [-0.05, 0) is 25.2 Å². The van der Waals surface area contributed by atoms with Gasteiger partial charge in [-0.2, -0.15) is 0 Å². The van der Waals surface area contributed by atoms with Crippen LogP contribution in [0.1, 0.15) is 13.0 Å². The van der Waals surface area contributed by atoms with E-state index in [1.165, 1.54) is 6.07 Å². The van der Waals surface area contributed by atoms with E-state index < -0.39 is 5.82 Å². The highest BCUT2D eigenvalue weighted by Gasteiger charge is 2.14. The number of aromatic amines is 1. The number of nitrogens with zero attached hydrogens (tertiary/aromatic N) is 3. The molecule has 2 aromatic heterocycles. The number of benzene rings is 1. The second kappa shape index (κ2) is 5.03. The number of hydrogen-bond donors (Lipinski definition) is 1. The number of H-pyrrole nitrogens is 1. The van der Waals surface area contributed by atoms with Gasteiger partial charge in [0, 0.05) is 25.0 Å². The van der Waals surface area contributed by atoms with E-state index in [1.54, 1.807) is 18.6 Å². The second-order valence-corrected chi connectivity index (χ2v) is 5.49. The average Bonchev–Trinajstić information content (AvgIpc) is 2.97. The summed E-state index contributed by atoms with van der Waals surface area (Å²) in [5, 5.41) is 0.0927. The lowest BCUT2D eigenvalue weighted by Crippen LogP contribution is -2.12. The van der Waals surface area contributed by atoms with Gasteiger partial charge in [0.1, 0.15) is 5.82 Å². The second-order valence-electron chi connectivity index (χ2n) is 4.69. The molecule has 0 spiro atoms. The Morgan fingerprint density at radius 2 is 2.30 bits per heavy atom. The number of aromatic nitrogens is 4. The molecule has 7 heteroatoms. The van der Waals surface area contributed by atoms with Gasteiger partial charge in [-0.3, -0.25) is 0 Å². The molecule has 0 fully saturated rings. The van der Waals surface area contributed by atoms with Crippen LogP contribution in [0.15, 0.2) is 30.9 Å². The van der Waals surface area contributed by atoms with E-state index in [2.05, 4.69) is 9.97 Å². The molecular weight excluding hydrogens is 299 g/mol. The van der Waals surface area contributed by atoms with Gasteiger partial charge in [-0.1, -0.05) is 11.6 Å². The maximum Gasteiger partial charge on any atom is 0.178 e. The first-order valence-corrected chi connectivity index (χ1v) is 6.90. The molecule has 2 heterocycles. The molecule has 1 N–H and O–H groups in total. The molecule has 0 aliphatic carbocycles. The van der Waals surface area contributed by atoms with Gasteiger partial charge < -0.3 is 14.1 Å². The lowest BCUT2D eigenvalue weighted by atomic mass is 10.2. The standard InChI is InChI=1S/C13H12ClFN4S/c1-8(6-18-3-2-16-7-18)19-12-4-9(14)10(15)5-11(12)17-13(19)20/h2-5,7-8H,6H2,1H3,(H,17,20). The van der Waals surface area contributed by atoms with Crippen LogP contribution in [-0.4, -0.2) is 19.1 Å². The summed E-state index contributed by atoms with van der Waals surface area (Å²) in [4.78, 5) is 7.03. The van der Waals surface area contributed by atoms with Gasteiger partial charge >= 0.3 is 0 Å². The zero-order valence-corrected chi connectivity index (χ0v) is 12.2. The van der Waals surface area contributed by atoms with Crippen LogP contribution in [0, 0.1) is 10.6 Å². The van der Waals surface area contributed by atoms with Crippen LogP contribution >= 0.6 is 23.8 Å². The lowest BCUT2D eigenvalue weighted by molar-refractivity contribution is 0.470. The van der Waals surface area contributed by atoms with Crippen molar-refractivity contribution in [2.24, 2.45) is 0 Å². The normalized spacial score (nSPS) is 12.9. The van der Waals surface area contributed by atoms with Gasteiger partial charge in [0.15, 0.2) is 4.77 Å². The molecule has 0 aliphatic rings. The topological polar surface area (TPSA) is 38.5 Å². The van der Waals surface area contributed by atoms with E-state index in [9.17, 15) is 4.39 Å². The van der Waals surface area contributed by atoms with Crippen LogP contribution in [0.4, 0.5) is 4.39 Å². The van der Waals surface area contributed by atoms with Crippen LogP contribution in [0.2, 0.25) is 5.02 Å². The quantitative estimate of drug-likeness (QED) is 0.744. The van der Waals surface area contributed by atoms with Gasteiger partial charge in [0.25, 0.3) is 0 Å². The Morgan fingerprint density at radius 1 is 1.50 bits per heavy atom. The molecule has 4 nitrogen and oxygen atoms in total. The van der Waals surface area contributed by atoms with Crippen molar-refractivity contribution in [3.05, 3.63) is 46.5 Å². The third-order valence-corrected chi connectivity index (χ3v) is 3.82. The highest BCUT2D eigenvalue weighted by atomic mass is 35.5. The fourth-order valence-electron chi connectivity index (χ4n) is 2.34. The van der Waals surface area contributed by atoms with E-state index >= 15 is 0 Å². The SMILES string of the molecule is CC(Cn1ccnc1)n1c(=S)[nH]c2cc(F)c(Cl)cc21. The minimum absolute atomic E-state index is 0.0898. The maximum atomic E-state index is 13.5. The van der Waals surface area contributed by atoms with Crippen molar-refractivity contribution in [3.8, 4) is 0 Å². The smallest absolute Gasteiger partial charge is 0.178 e. The molecule has 3 rings (SSSR count). The van der Waals surface area contributed by atoms with E-state index in [0.29, 0.717) is 10.3 Å². The minimum Gasteiger partial charge on any atom is -0.335 e. The van der Waals surface area contributed by atoms with Gasteiger partial charge in [-0.15, -0.1) is 0 Å². The summed E-state index contributed by atoms with van der Waals surface area (Å²) < 4.78 is 17.9. The van der Waals surface area contributed by atoms with Crippen molar-refractivity contribution >= 4 is 34.9 Å². The summed E-state index contributed by atoms with van der Waals surface area (Å²) in [7, 11) is 0. The van der Waals surface area contributed by atoms with Crippen LogP contribution < -0.4 is 0 Å². The molecule has 0 amide bonds. The molecule has 0 aliphatic heterocycles. The molecule has 1 aromatic carbocycles. The maximum absolute atomic E-state index is 13.5. The molecule has 0 bridgehead atoms. The van der Waals surface area contributed by atoms with E-state index in [1.807, 2.05) is 22.3 Å². The predicted octanol–water partition coefficient (Wildman–Crippen LogP) is 3.95. The van der Waals surface area contributed by atoms with E-state index in [4.69, 9.17) is 23.8 Å². The molecule has 20 heavy (non-hydrogen) atoms. The summed E-state index contributed by atoms with van der Waals surface area (Å²) >= 11 is 11.2. The molecule has 1 atom stereocenters. The molecule has 3 aromatic rings. The van der Waals surface area contributed by atoms with Gasteiger partial charge in [0.05, 0.1) is 28.4 Å². The zero-order valence-electron chi connectivity index (χ0n) is 10.7. The number of nitrogens with one attached hydrogen (secondary N) is 1. The molecule has 1 unspecified atom stereocenters. The fraction of sp³-hybridized carbons (Fsp3) is 0.231. The van der Waals surface area contributed by atoms with Gasteiger partial charge in [-0.25, -0.2) is 9.37 Å². The van der Waals surface area contributed by atoms with E-state index in [0.717, 1.165) is 12.1 Å². The first kappa shape index (κ1) is 13.3. The Bertz CT molecular complexity index is 806. The van der Waals surface area contributed by atoms with Gasteiger partial charge in [0.2, 0.25) is 0 Å². The number of rotatable bonds is 3. The van der Waals surface area contributed by atoms with Crippen LogP contribution in [0.25, 0.3) is 11.0 Å². The fourth-order valence-corrected chi connectivity index (χ4v) is 2.89. The summed E-state index contributed by atoms with van der Waals surface area (Å²) in [6, 6.07) is 3.06. The number of fused-ring (bicyclic) bond motifs is 1. The summed E-state index contributed by atoms with van der Waals surface area (Å²) in [6.07, 6.45) is 5.37. The average molecular weight is 311 g/mol. The minimum atomic E-state index is -0.454. The lowest BCUT2D eigenvalue weighted by Gasteiger charge is -2.15. The summed E-state index contributed by atoms with van der Waals surface area (Å²) in [5.74, 6) is -0.454. The Labute approximate surface area is 124 Å². The Balaban J connectivity index is 2.08. The number of hydrogen-bond acceptors (Lipinski definition) is 2. The van der Waals surface area contributed by atoms with Crippen molar-refractivity contribution < 1.29 is 4.39 Å². The Hall–Kier alpha value is -1.66. The third-order valence-electron chi connectivity index (χ3n) is 3.23. The van der Waals surface area contributed by atoms with Crippen molar-refractivity contribution in [2.45, 2.75) is 19.5 Å². The Kier molecular flexibility index (Phi) is 3.35. The van der Waals surface area contributed by atoms with Crippen molar-refractivity contribution in [1.29, 1.82) is 0 Å². The summed E-state index contributed by atoms with van der Waals surface area (Å²) in [5.41, 5.74) is 1.45. The number of imidazole rings is 2. The molecular formula is C13H12ClFN4S. The summed E-state index contributed by atoms with van der Waals surface area (Å²) in [6.45, 7) is 2.76. The highest BCUT2D eigenvalue weighted by molar-refractivity contribution is 7.71. The van der Waals surface area contributed by atoms with Crippen LogP contribution in [0.5, 0.6) is 0 Å². The largest absolute Gasteiger partial charge is 0.335 e. The first-order chi connectivity index (χ1) is 9.56. The highest BCUT2D eigenvalue weighted by Crippen LogP contribution is 2.25. The molecule has 0 radical (unpaired) electrons. The number of halogens is 2. The third kappa shape index (κ3) is 2.25. The first-order valence-electron chi connectivity index (χ1n) is 6.11. The molecule has 104 valence electrons. The monoisotopic (exact) mass is 310 g/mol. The molecule has 0 saturated heterocycles. The van der Waals surface area contributed by atoms with Crippen LogP contribution in [0.3, 0.4) is 0 Å². The predicted molar refractivity (Wildman–Crippen MR) is 79.0 cm³/mol. The van der Waals surface area contributed by atoms with E-state index in [-0.39, 0.29) is 11.1 Å².